The molecule has 1 atom stereocenters. The lowest BCUT2D eigenvalue weighted by Crippen LogP contribution is -2.54. The van der Waals surface area contributed by atoms with Crippen LogP contribution in [0.25, 0.3) is 0 Å². The predicted molar refractivity (Wildman–Crippen MR) is 89.8 cm³/mol. The first kappa shape index (κ1) is 18.6. The van der Waals surface area contributed by atoms with Gasteiger partial charge in [0.1, 0.15) is 6.17 Å². The molecular formula is C15H21Cl3N2O. The Kier molecular flexibility index (Phi) is 7.82. The van der Waals surface area contributed by atoms with Crippen molar-refractivity contribution in [3.8, 4) is 0 Å². The van der Waals surface area contributed by atoms with Crippen LogP contribution in [0.2, 0.25) is 0 Å². The highest BCUT2D eigenvalue weighted by Gasteiger charge is 2.33. The Balaban J connectivity index is 2.49. The molecule has 21 heavy (non-hydrogen) atoms. The molecule has 1 aromatic rings. The maximum Gasteiger partial charge on any atom is 0.223 e. The molecule has 0 fully saturated rings. The summed E-state index contributed by atoms with van der Waals surface area (Å²) in [6.07, 6.45) is 0.480. The van der Waals surface area contributed by atoms with Gasteiger partial charge in [0, 0.05) is 13.0 Å². The molecule has 1 rings (SSSR count). The summed E-state index contributed by atoms with van der Waals surface area (Å²) in [5, 5.41) is 5.81. The molecule has 0 saturated carbocycles. The number of hydrogen-bond donors (Lipinski definition) is 2. The average molecular weight is 352 g/mol. The minimum atomic E-state index is -1.59. The number of carbonyl (C=O) groups is 1. The summed E-state index contributed by atoms with van der Waals surface area (Å²) in [6.45, 7) is 4.53. The summed E-state index contributed by atoms with van der Waals surface area (Å²) in [5.41, 5.74) is 1.18. The minimum absolute atomic E-state index is 0.131. The molecule has 0 aliphatic rings. The fraction of sp³-hybridized carbons (Fsp3) is 0.533. The second kappa shape index (κ2) is 8.84. The highest BCUT2D eigenvalue weighted by molar-refractivity contribution is 6.68. The molecule has 0 aromatic heterocycles. The third kappa shape index (κ3) is 7.91. The molecule has 0 bridgehead atoms. The Bertz CT molecular complexity index is 432. The smallest absolute Gasteiger partial charge is 0.223 e. The van der Waals surface area contributed by atoms with E-state index < -0.39 is 9.96 Å². The first-order valence-electron chi connectivity index (χ1n) is 6.92. The lowest BCUT2D eigenvalue weighted by molar-refractivity contribution is -0.122. The lowest BCUT2D eigenvalue weighted by Gasteiger charge is -2.27. The zero-order valence-electron chi connectivity index (χ0n) is 12.2. The summed E-state index contributed by atoms with van der Waals surface area (Å²) < 4.78 is -1.59. The van der Waals surface area contributed by atoms with Gasteiger partial charge in [-0.25, -0.2) is 0 Å². The number of amides is 1. The van der Waals surface area contributed by atoms with Crippen LogP contribution in [-0.2, 0) is 11.2 Å². The van der Waals surface area contributed by atoms with Crippen molar-refractivity contribution < 1.29 is 4.79 Å². The number of alkyl halides is 3. The monoisotopic (exact) mass is 350 g/mol. The van der Waals surface area contributed by atoms with Crippen LogP contribution in [0.3, 0.4) is 0 Å². The van der Waals surface area contributed by atoms with Crippen molar-refractivity contribution in [2.45, 2.75) is 36.6 Å². The number of benzene rings is 1. The van der Waals surface area contributed by atoms with Crippen LogP contribution in [0.5, 0.6) is 0 Å². The van der Waals surface area contributed by atoms with Crippen LogP contribution in [0.1, 0.15) is 25.8 Å². The van der Waals surface area contributed by atoms with E-state index in [1.165, 1.54) is 5.56 Å². The number of carbonyl (C=O) groups excluding carboxylic acids is 1. The van der Waals surface area contributed by atoms with E-state index in [1.807, 2.05) is 44.2 Å². The van der Waals surface area contributed by atoms with Gasteiger partial charge in [-0.1, -0.05) is 79.0 Å². The van der Waals surface area contributed by atoms with E-state index in [1.54, 1.807) is 0 Å². The van der Waals surface area contributed by atoms with E-state index >= 15 is 0 Å². The molecule has 1 unspecified atom stereocenters. The molecule has 0 saturated heterocycles. The number of rotatable bonds is 7. The van der Waals surface area contributed by atoms with Crippen LogP contribution in [0, 0.1) is 5.92 Å². The Morgan fingerprint density at radius 1 is 1.19 bits per heavy atom. The van der Waals surface area contributed by atoms with Crippen LogP contribution in [0.4, 0.5) is 0 Å². The molecule has 0 radical (unpaired) electrons. The summed E-state index contributed by atoms with van der Waals surface area (Å²) in [5.74, 6) is 0.124. The van der Waals surface area contributed by atoms with Crippen LogP contribution >= 0.6 is 34.8 Å². The van der Waals surface area contributed by atoms with Crippen molar-refractivity contribution in [3.63, 3.8) is 0 Å². The topological polar surface area (TPSA) is 41.1 Å². The van der Waals surface area contributed by atoms with Crippen LogP contribution in [-0.4, -0.2) is 22.4 Å². The minimum Gasteiger partial charge on any atom is -0.337 e. The van der Waals surface area contributed by atoms with Crippen molar-refractivity contribution in [1.29, 1.82) is 0 Å². The summed E-state index contributed by atoms with van der Waals surface area (Å²) in [6, 6.07) is 9.98. The van der Waals surface area contributed by atoms with Gasteiger partial charge in [-0.2, -0.15) is 0 Å². The molecule has 6 heteroatoms. The Hall–Kier alpha value is -0.480. The van der Waals surface area contributed by atoms with E-state index in [-0.39, 0.29) is 11.8 Å². The molecule has 118 valence electrons. The van der Waals surface area contributed by atoms with Gasteiger partial charge in [-0.15, -0.1) is 0 Å². The summed E-state index contributed by atoms with van der Waals surface area (Å²) >= 11 is 17.7. The van der Waals surface area contributed by atoms with Crippen LogP contribution < -0.4 is 10.6 Å². The summed E-state index contributed by atoms with van der Waals surface area (Å²) in [7, 11) is 0. The third-order valence-corrected chi connectivity index (χ3v) is 3.49. The highest BCUT2D eigenvalue weighted by Crippen LogP contribution is 2.29. The van der Waals surface area contributed by atoms with Gasteiger partial charge in [0.2, 0.25) is 9.70 Å². The molecule has 2 N–H and O–H groups in total. The largest absolute Gasteiger partial charge is 0.337 e. The molecular weight excluding hydrogens is 331 g/mol. The van der Waals surface area contributed by atoms with Gasteiger partial charge in [0.05, 0.1) is 0 Å². The van der Waals surface area contributed by atoms with Crippen molar-refractivity contribution in [2.75, 3.05) is 6.54 Å². The van der Waals surface area contributed by atoms with Gasteiger partial charge in [0.25, 0.3) is 0 Å². The van der Waals surface area contributed by atoms with Gasteiger partial charge in [-0.3, -0.25) is 10.1 Å². The normalized spacial score (nSPS) is 13.2. The molecule has 0 aliphatic carbocycles. The first-order valence-corrected chi connectivity index (χ1v) is 8.06. The highest BCUT2D eigenvalue weighted by atomic mass is 35.6. The molecule has 3 nitrogen and oxygen atoms in total. The van der Waals surface area contributed by atoms with Crippen LogP contribution in [0.15, 0.2) is 30.3 Å². The van der Waals surface area contributed by atoms with Crippen molar-refractivity contribution in [2.24, 2.45) is 5.92 Å². The Labute approximate surface area is 141 Å². The second-order valence-corrected chi connectivity index (χ2v) is 7.70. The third-order valence-electron chi connectivity index (χ3n) is 2.83. The second-order valence-electron chi connectivity index (χ2n) is 5.33. The zero-order valence-corrected chi connectivity index (χ0v) is 14.5. The quantitative estimate of drug-likeness (QED) is 0.581. The lowest BCUT2D eigenvalue weighted by atomic mass is 10.1. The molecule has 0 aliphatic heterocycles. The van der Waals surface area contributed by atoms with E-state index in [0.717, 1.165) is 6.42 Å². The average Bonchev–Trinajstić information content (AvgIpc) is 2.36. The van der Waals surface area contributed by atoms with Crippen molar-refractivity contribution >= 4 is 40.7 Å². The van der Waals surface area contributed by atoms with E-state index in [9.17, 15) is 4.79 Å². The number of halogens is 3. The Morgan fingerprint density at radius 3 is 2.33 bits per heavy atom. The fourth-order valence-corrected chi connectivity index (χ4v) is 2.24. The first-order chi connectivity index (χ1) is 9.79. The maximum absolute atomic E-state index is 11.8. The Morgan fingerprint density at radius 2 is 1.81 bits per heavy atom. The van der Waals surface area contributed by atoms with Gasteiger partial charge in [0.15, 0.2) is 0 Å². The van der Waals surface area contributed by atoms with Gasteiger partial charge in [-0.05, 0) is 17.9 Å². The van der Waals surface area contributed by atoms with Gasteiger partial charge < -0.3 is 5.32 Å². The summed E-state index contributed by atoms with van der Waals surface area (Å²) in [4.78, 5) is 11.8. The van der Waals surface area contributed by atoms with E-state index in [2.05, 4.69) is 10.6 Å². The number of nitrogens with one attached hydrogen (secondary N) is 2. The maximum atomic E-state index is 11.8. The van der Waals surface area contributed by atoms with E-state index in [4.69, 9.17) is 34.8 Å². The standard InChI is InChI=1S/C15H21Cl3N2O/c1-11(2)10-13(21)20-14(15(16,17)18)19-9-8-12-6-4-3-5-7-12/h3-7,11,14,19H,8-10H2,1-2H3,(H,20,21). The zero-order chi connectivity index (χ0) is 15.9. The van der Waals surface area contributed by atoms with Gasteiger partial charge >= 0.3 is 0 Å². The molecule has 0 heterocycles. The van der Waals surface area contributed by atoms with Crippen molar-refractivity contribution in [1.82, 2.24) is 10.6 Å². The number of hydrogen-bond acceptors (Lipinski definition) is 2. The predicted octanol–water partition coefficient (Wildman–Crippen LogP) is 3.68. The molecule has 1 amide bonds. The molecule has 0 spiro atoms. The molecule has 1 aromatic carbocycles. The SMILES string of the molecule is CC(C)CC(=O)NC(NCCc1ccccc1)C(Cl)(Cl)Cl. The fourth-order valence-electron chi connectivity index (χ4n) is 1.84. The van der Waals surface area contributed by atoms with E-state index in [0.29, 0.717) is 13.0 Å². The van der Waals surface area contributed by atoms with Crippen molar-refractivity contribution in [3.05, 3.63) is 35.9 Å².